The summed E-state index contributed by atoms with van der Waals surface area (Å²) < 4.78 is 1.89. The van der Waals surface area contributed by atoms with Crippen LogP contribution in [0, 0.1) is 0 Å². The number of anilines is 1. The fourth-order valence-electron chi connectivity index (χ4n) is 4.77. The molecule has 0 bridgehead atoms. The Hall–Kier alpha value is -2.18. The van der Waals surface area contributed by atoms with Crippen molar-refractivity contribution in [1.82, 2.24) is 25.0 Å². The van der Waals surface area contributed by atoms with Crippen molar-refractivity contribution >= 4 is 11.7 Å². The minimum absolute atomic E-state index is 0.400. The molecule has 2 aromatic rings. The molecule has 0 amide bonds. The van der Waals surface area contributed by atoms with E-state index in [1.54, 1.807) is 0 Å². The summed E-state index contributed by atoms with van der Waals surface area (Å²) in [7, 11) is 0. The van der Waals surface area contributed by atoms with Crippen molar-refractivity contribution < 1.29 is 4.79 Å². The van der Waals surface area contributed by atoms with Gasteiger partial charge in [0.05, 0.1) is 11.9 Å². The van der Waals surface area contributed by atoms with Crippen molar-refractivity contribution in [3.63, 3.8) is 0 Å². The van der Waals surface area contributed by atoms with Gasteiger partial charge >= 0.3 is 0 Å². The molecule has 2 heterocycles. The molecule has 7 heteroatoms. The molecule has 0 spiro atoms. The Morgan fingerprint density at radius 3 is 2.03 bits per heavy atom. The van der Waals surface area contributed by atoms with Crippen molar-refractivity contribution in [2.24, 2.45) is 0 Å². The Bertz CT molecular complexity index is 799. The van der Waals surface area contributed by atoms with Crippen LogP contribution in [0.2, 0.25) is 0 Å². The number of nitrogens with one attached hydrogen (secondary N) is 1. The SMILES string of the molecule is CCCCCCCCCCCCCCCC(=O)CCCn1cc(CCCCCc2cnc(N)[nH]2)nn1. The second kappa shape index (κ2) is 19.9. The van der Waals surface area contributed by atoms with Crippen molar-refractivity contribution in [3.8, 4) is 0 Å². The van der Waals surface area contributed by atoms with Gasteiger partial charge in [0, 0.05) is 31.3 Å². The molecule has 0 aliphatic rings. The molecule has 2 rings (SSSR count). The lowest BCUT2D eigenvalue weighted by Gasteiger charge is -2.04. The summed E-state index contributed by atoms with van der Waals surface area (Å²) in [6.45, 7) is 3.05. The van der Waals surface area contributed by atoms with Crippen molar-refractivity contribution in [1.29, 1.82) is 0 Å². The van der Waals surface area contributed by atoms with Gasteiger partial charge in [-0.25, -0.2) is 4.98 Å². The molecule has 0 fully saturated rings. The summed E-state index contributed by atoms with van der Waals surface area (Å²) in [5, 5.41) is 8.51. The van der Waals surface area contributed by atoms with Gasteiger partial charge in [0.1, 0.15) is 5.78 Å². The number of hydrogen-bond acceptors (Lipinski definition) is 5. The van der Waals surface area contributed by atoms with Crippen LogP contribution < -0.4 is 5.73 Å². The molecule has 36 heavy (non-hydrogen) atoms. The van der Waals surface area contributed by atoms with E-state index >= 15 is 0 Å². The first-order valence-corrected chi connectivity index (χ1v) is 14.9. The highest BCUT2D eigenvalue weighted by atomic mass is 16.1. The molecule has 0 aliphatic heterocycles. The van der Waals surface area contributed by atoms with E-state index in [1.165, 1.54) is 77.0 Å². The number of carbonyl (C=O) groups is 1. The second-order valence-corrected chi connectivity index (χ2v) is 10.5. The number of aromatic amines is 1. The number of nitrogens with two attached hydrogens (primary N) is 1. The van der Waals surface area contributed by atoms with Gasteiger partial charge in [0.15, 0.2) is 5.95 Å². The fraction of sp³-hybridized carbons (Fsp3) is 0.793. The molecule has 0 aromatic carbocycles. The number of imidazole rings is 1. The van der Waals surface area contributed by atoms with E-state index < -0.39 is 0 Å². The van der Waals surface area contributed by atoms with Crippen LogP contribution >= 0.6 is 0 Å². The zero-order valence-corrected chi connectivity index (χ0v) is 23.0. The number of nitrogen functional groups attached to an aromatic ring is 1. The lowest BCUT2D eigenvalue weighted by Crippen LogP contribution is -2.03. The summed E-state index contributed by atoms with van der Waals surface area (Å²) >= 11 is 0. The number of H-pyrrole nitrogens is 1. The third-order valence-corrected chi connectivity index (χ3v) is 7.02. The van der Waals surface area contributed by atoms with E-state index in [-0.39, 0.29) is 0 Å². The molecular weight excluding hydrogens is 448 g/mol. The van der Waals surface area contributed by atoms with Crippen molar-refractivity contribution in [2.45, 2.75) is 148 Å². The number of aryl methyl sites for hydroxylation is 3. The molecule has 7 nitrogen and oxygen atoms in total. The first-order valence-electron chi connectivity index (χ1n) is 14.9. The van der Waals surface area contributed by atoms with E-state index in [9.17, 15) is 4.79 Å². The standard InChI is InChI=1S/C29H52N6O/c1-2-3-4-5-6-7-8-9-10-11-12-13-17-21-28(36)22-18-23-35-25-27(33-34-35)20-16-14-15-19-26-24-31-29(30)32-26/h24-25H,2-23H2,1H3,(H3,30,31,32). The first-order chi connectivity index (χ1) is 17.7. The van der Waals surface area contributed by atoms with Crippen LogP contribution in [0.1, 0.15) is 140 Å². The van der Waals surface area contributed by atoms with Gasteiger partial charge in [0.2, 0.25) is 0 Å². The normalized spacial score (nSPS) is 11.4. The maximum atomic E-state index is 12.2. The predicted molar refractivity (Wildman–Crippen MR) is 149 cm³/mol. The van der Waals surface area contributed by atoms with E-state index in [0.29, 0.717) is 18.2 Å². The van der Waals surface area contributed by atoms with Gasteiger partial charge < -0.3 is 10.7 Å². The zero-order valence-electron chi connectivity index (χ0n) is 23.0. The number of carbonyl (C=O) groups excluding carboxylic acids is 1. The molecular formula is C29H52N6O. The van der Waals surface area contributed by atoms with Crippen LogP contribution in [0.25, 0.3) is 0 Å². The lowest BCUT2D eigenvalue weighted by molar-refractivity contribution is -0.119. The van der Waals surface area contributed by atoms with Crippen molar-refractivity contribution in [3.05, 3.63) is 23.8 Å². The van der Waals surface area contributed by atoms with Crippen LogP contribution in [0.5, 0.6) is 0 Å². The number of unbranched alkanes of at least 4 members (excludes halogenated alkanes) is 14. The Balaban J connectivity index is 1.36. The molecule has 0 aliphatic carbocycles. The number of ketones is 1. The average molecular weight is 501 g/mol. The molecule has 0 unspecified atom stereocenters. The summed E-state index contributed by atoms with van der Waals surface area (Å²) in [5.74, 6) is 0.889. The minimum atomic E-state index is 0.400. The average Bonchev–Trinajstić information content (AvgIpc) is 3.50. The van der Waals surface area contributed by atoms with Crippen LogP contribution in [0.15, 0.2) is 12.4 Å². The van der Waals surface area contributed by atoms with Crippen LogP contribution in [0.4, 0.5) is 5.95 Å². The second-order valence-electron chi connectivity index (χ2n) is 10.5. The van der Waals surface area contributed by atoms with Gasteiger partial charge in [-0.3, -0.25) is 9.48 Å². The van der Waals surface area contributed by atoms with E-state index in [4.69, 9.17) is 5.73 Å². The number of nitrogens with zero attached hydrogens (tertiary/aromatic N) is 4. The van der Waals surface area contributed by atoms with Crippen LogP contribution in [-0.2, 0) is 24.2 Å². The Labute approximate surface area is 219 Å². The van der Waals surface area contributed by atoms with E-state index in [1.807, 2.05) is 17.1 Å². The summed E-state index contributed by atoms with van der Waals surface area (Å²) in [4.78, 5) is 19.3. The van der Waals surface area contributed by atoms with Gasteiger partial charge in [0.25, 0.3) is 0 Å². The molecule has 0 radical (unpaired) electrons. The number of rotatable bonds is 24. The lowest BCUT2D eigenvalue weighted by atomic mass is 10.0. The van der Waals surface area contributed by atoms with Crippen LogP contribution in [-0.4, -0.2) is 30.7 Å². The maximum absolute atomic E-state index is 12.2. The minimum Gasteiger partial charge on any atom is -0.369 e. The molecule has 0 saturated carbocycles. The summed E-state index contributed by atoms with van der Waals surface area (Å²) in [6.07, 6.45) is 28.8. The molecule has 0 saturated heterocycles. The van der Waals surface area contributed by atoms with E-state index in [2.05, 4.69) is 27.2 Å². The van der Waals surface area contributed by atoms with Crippen LogP contribution in [0.3, 0.4) is 0 Å². The number of Topliss-reactive ketones (excluding diaryl/α,β-unsaturated/α-hetero) is 1. The van der Waals surface area contributed by atoms with E-state index in [0.717, 1.165) is 69.3 Å². The summed E-state index contributed by atoms with van der Waals surface area (Å²) in [5.41, 5.74) is 7.74. The number of hydrogen-bond donors (Lipinski definition) is 2. The van der Waals surface area contributed by atoms with Gasteiger partial charge in [-0.15, -0.1) is 5.10 Å². The molecule has 204 valence electrons. The highest BCUT2D eigenvalue weighted by Crippen LogP contribution is 2.14. The van der Waals surface area contributed by atoms with Gasteiger partial charge in [-0.05, 0) is 38.5 Å². The third-order valence-electron chi connectivity index (χ3n) is 7.02. The Morgan fingerprint density at radius 2 is 1.39 bits per heavy atom. The highest BCUT2D eigenvalue weighted by Gasteiger charge is 2.05. The van der Waals surface area contributed by atoms with Gasteiger partial charge in [-0.2, -0.15) is 0 Å². The zero-order chi connectivity index (χ0) is 25.7. The first kappa shape index (κ1) is 30.0. The summed E-state index contributed by atoms with van der Waals surface area (Å²) in [6, 6.07) is 0. The smallest absolute Gasteiger partial charge is 0.197 e. The van der Waals surface area contributed by atoms with Gasteiger partial charge in [-0.1, -0.05) is 95.6 Å². The maximum Gasteiger partial charge on any atom is 0.197 e. The molecule has 0 atom stereocenters. The predicted octanol–water partition coefficient (Wildman–Crippen LogP) is 7.37. The monoisotopic (exact) mass is 500 g/mol. The molecule has 3 N–H and O–H groups in total. The topological polar surface area (TPSA) is 102 Å². The Kier molecular flexibility index (Phi) is 16.6. The van der Waals surface area contributed by atoms with Crippen molar-refractivity contribution in [2.75, 3.05) is 5.73 Å². The largest absolute Gasteiger partial charge is 0.369 e. The Morgan fingerprint density at radius 1 is 0.806 bits per heavy atom. The quantitative estimate of drug-likeness (QED) is 0.146. The third kappa shape index (κ3) is 15.0. The highest BCUT2D eigenvalue weighted by molar-refractivity contribution is 5.78. The molecule has 2 aromatic heterocycles. The number of aromatic nitrogens is 5. The fourth-order valence-corrected chi connectivity index (χ4v) is 4.77.